The van der Waals surface area contributed by atoms with Crippen molar-refractivity contribution in [2.75, 3.05) is 18.4 Å². The van der Waals surface area contributed by atoms with Gasteiger partial charge in [0, 0.05) is 30.9 Å². The normalized spacial score (nSPS) is 11.1. The molecular weight excluding hydrogens is 238 g/mol. The molecule has 0 aliphatic carbocycles. The fraction of sp³-hybridized carbons (Fsp3) is 0.643. The van der Waals surface area contributed by atoms with Gasteiger partial charge in [-0.25, -0.2) is 9.97 Å². The summed E-state index contributed by atoms with van der Waals surface area (Å²) in [5.41, 5.74) is 1.21. The number of nitriles is 1. The number of aromatic nitrogens is 2. The van der Waals surface area contributed by atoms with Gasteiger partial charge in [0.2, 0.25) is 5.95 Å². The van der Waals surface area contributed by atoms with Crippen LogP contribution in [0.15, 0.2) is 6.07 Å². The van der Waals surface area contributed by atoms with Crippen LogP contribution in [0.2, 0.25) is 0 Å². The smallest absolute Gasteiger partial charge is 0.224 e. The Morgan fingerprint density at radius 1 is 1.26 bits per heavy atom. The molecule has 0 radical (unpaired) electrons. The first-order valence-corrected chi connectivity index (χ1v) is 6.69. The first-order chi connectivity index (χ1) is 8.93. The zero-order chi connectivity index (χ0) is 14.4. The number of aryl methyl sites for hydroxylation is 1. The molecule has 0 amide bonds. The molecule has 0 bridgehead atoms. The zero-order valence-electron chi connectivity index (χ0n) is 12.4. The maximum atomic E-state index is 8.87. The predicted octanol–water partition coefficient (Wildman–Crippen LogP) is 2.19. The number of nitrogens with zero attached hydrogens (tertiary/aromatic N) is 4. The topological polar surface area (TPSA) is 64.8 Å². The number of hydrogen-bond donors (Lipinski definition) is 1. The van der Waals surface area contributed by atoms with Crippen molar-refractivity contribution in [1.82, 2.24) is 14.9 Å². The highest BCUT2D eigenvalue weighted by Gasteiger charge is 2.12. The highest BCUT2D eigenvalue weighted by molar-refractivity contribution is 5.32. The molecule has 0 atom stereocenters. The minimum atomic E-state index is 0.402. The quantitative estimate of drug-likeness (QED) is 0.850. The van der Waals surface area contributed by atoms with E-state index in [0.717, 1.165) is 18.8 Å². The molecule has 0 saturated heterocycles. The Morgan fingerprint density at radius 3 is 2.42 bits per heavy atom. The predicted molar refractivity (Wildman–Crippen MR) is 77.0 cm³/mol. The van der Waals surface area contributed by atoms with E-state index >= 15 is 0 Å². The van der Waals surface area contributed by atoms with Crippen LogP contribution in [0.4, 0.5) is 5.95 Å². The van der Waals surface area contributed by atoms with Crippen LogP contribution < -0.4 is 5.32 Å². The molecular formula is C14H23N5. The lowest BCUT2D eigenvalue weighted by molar-refractivity contribution is 0.182. The van der Waals surface area contributed by atoms with Crippen molar-refractivity contribution in [2.45, 2.75) is 46.7 Å². The molecule has 0 fully saturated rings. The van der Waals surface area contributed by atoms with Crippen LogP contribution in [0.1, 0.15) is 39.1 Å². The molecule has 1 N–H and O–H groups in total. The van der Waals surface area contributed by atoms with Gasteiger partial charge in [-0.3, -0.25) is 4.90 Å². The number of hydrogen-bond acceptors (Lipinski definition) is 5. The average Bonchev–Trinajstić information content (AvgIpc) is 2.32. The number of nitrogens with one attached hydrogen (secondary N) is 1. The van der Waals surface area contributed by atoms with Crippen molar-refractivity contribution >= 4 is 5.95 Å². The molecule has 0 saturated carbocycles. The van der Waals surface area contributed by atoms with Crippen molar-refractivity contribution < 1.29 is 0 Å². The van der Waals surface area contributed by atoms with Gasteiger partial charge >= 0.3 is 0 Å². The van der Waals surface area contributed by atoms with E-state index in [9.17, 15) is 0 Å². The van der Waals surface area contributed by atoms with Crippen molar-refractivity contribution in [3.63, 3.8) is 0 Å². The van der Waals surface area contributed by atoms with Gasteiger partial charge in [0.1, 0.15) is 11.8 Å². The molecule has 0 unspecified atom stereocenters. The van der Waals surface area contributed by atoms with E-state index in [1.165, 1.54) is 0 Å². The van der Waals surface area contributed by atoms with Crippen molar-refractivity contribution in [3.05, 3.63) is 17.5 Å². The van der Waals surface area contributed by atoms with E-state index in [0.29, 0.717) is 23.7 Å². The maximum absolute atomic E-state index is 8.87. The van der Waals surface area contributed by atoms with Crippen LogP contribution in [-0.4, -0.2) is 40.0 Å². The molecule has 0 spiro atoms. The molecule has 0 aliphatic heterocycles. The van der Waals surface area contributed by atoms with Gasteiger partial charge in [-0.05, 0) is 40.7 Å². The van der Waals surface area contributed by atoms with Crippen LogP contribution >= 0.6 is 0 Å². The molecule has 19 heavy (non-hydrogen) atoms. The third-order valence-corrected chi connectivity index (χ3v) is 2.95. The third kappa shape index (κ3) is 4.84. The fourth-order valence-electron chi connectivity index (χ4n) is 2.11. The Morgan fingerprint density at radius 2 is 1.89 bits per heavy atom. The van der Waals surface area contributed by atoms with Crippen LogP contribution in [0.3, 0.4) is 0 Å². The molecule has 1 aromatic heterocycles. The summed E-state index contributed by atoms with van der Waals surface area (Å²) in [6, 6.07) is 4.74. The molecule has 5 nitrogen and oxygen atoms in total. The van der Waals surface area contributed by atoms with Crippen molar-refractivity contribution in [2.24, 2.45) is 0 Å². The van der Waals surface area contributed by atoms with E-state index in [2.05, 4.69) is 47.9 Å². The lowest BCUT2D eigenvalue weighted by Crippen LogP contribution is -2.40. The summed E-state index contributed by atoms with van der Waals surface area (Å²) in [7, 11) is 0. The molecule has 1 rings (SSSR count). The van der Waals surface area contributed by atoms with Crippen molar-refractivity contribution in [3.8, 4) is 6.07 Å². The summed E-state index contributed by atoms with van der Waals surface area (Å²) in [5, 5.41) is 12.1. The van der Waals surface area contributed by atoms with Gasteiger partial charge in [-0.1, -0.05) is 0 Å². The van der Waals surface area contributed by atoms with E-state index in [-0.39, 0.29) is 0 Å². The summed E-state index contributed by atoms with van der Waals surface area (Å²) >= 11 is 0. The minimum absolute atomic E-state index is 0.402. The second-order valence-corrected chi connectivity index (χ2v) is 5.18. The Bertz CT molecular complexity index is 440. The fourth-order valence-corrected chi connectivity index (χ4v) is 2.11. The van der Waals surface area contributed by atoms with Gasteiger partial charge in [-0.2, -0.15) is 5.26 Å². The summed E-state index contributed by atoms with van der Waals surface area (Å²) in [6.07, 6.45) is 0. The summed E-state index contributed by atoms with van der Waals surface area (Å²) in [6.45, 7) is 12.3. The highest BCUT2D eigenvalue weighted by atomic mass is 15.2. The largest absolute Gasteiger partial charge is 0.353 e. The second-order valence-electron chi connectivity index (χ2n) is 5.18. The van der Waals surface area contributed by atoms with Crippen LogP contribution in [0.25, 0.3) is 0 Å². The molecule has 104 valence electrons. The van der Waals surface area contributed by atoms with E-state index in [1.807, 2.05) is 13.0 Å². The van der Waals surface area contributed by atoms with E-state index < -0.39 is 0 Å². The molecule has 1 heterocycles. The van der Waals surface area contributed by atoms with Gasteiger partial charge in [0.05, 0.1) is 0 Å². The Balaban J connectivity index is 2.58. The van der Waals surface area contributed by atoms with Gasteiger partial charge < -0.3 is 5.32 Å². The average molecular weight is 261 g/mol. The maximum Gasteiger partial charge on any atom is 0.224 e. The van der Waals surface area contributed by atoms with Gasteiger partial charge in [0.25, 0.3) is 0 Å². The Labute approximate surface area is 115 Å². The monoisotopic (exact) mass is 261 g/mol. The van der Waals surface area contributed by atoms with Crippen LogP contribution in [-0.2, 0) is 0 Å². The lowest BCUT2D eigenvalue weighted by Gasteiger charge is -2.30. The van der Waals surface area contributed by atoms with Gasteiger partial charge in [0.15, 0.2) is 0 Å². The number of rotatable bonds is 6. The Kier molecular flexibility index (Phi) is 5.71. The second kappa shape index (κ2) is 7.05. The zero-order valence-corrected chi connectivity index (χ0v) is 12.4. The van der Waals surface area contributed by atoms with Crippen LogP contribution in [0.5, 0.6) is 0 Å². The Hall–Kier alpha value is -1.67. The summed E-state index contributed by atoms with van der Waals surface area (Å²) < 4.78 is 0. The van der Waals surface area contributed by atoms with Crippen LogP contribution in [0, 0.1) is 18.3 Å². The van der Waals surface area contributed by atoms with Crippen molar-refractivity contribution in [1.29, 1.82) is 5.26 Å². The molecule has 1 aromatic rings. The van der Waals surface area contributed by atoms with Gasteiger partial charge in [-0.15, -0.1) is 0 Å². The first kappa shape index (κ1) is 15.4. The van der Waals surface area contributed by atoms with E-state index in [1.54, 1.807) is 6.07 Å². The number of anilines is 1. The summed E-state index contributed by atoms with van der Waals surface area (Å²) in [5.74, 6) is 0.531. The molecule has 0 aromatic carbocycles. The lowest BCUT2D eigenvalue weighted by atomic mass is 10.2. The first-order valence-electron chi connectivity index (χ1n) is 6.69. The summed E-state index contributed by atoms with van der Waals surface area (Å²) in [4.78, 5) is 10.8. The third-order valence-electron chi connectivity index (χ3n) is 2.95. The minimum Gasteiger partial charge on any atom is -0.353 e. The standard InChI is InChI=1S/C14H23N5/c1-10(2)19(11(3)4)7-6-16-14-17-12(5)8-13(9-15)18-14/h8,10-11H,6-7H2,1-5H3,(H,16,17,18). The molecule has 0 aliphatic rings. The molecule has 5 heteroatoms. The SMILES string of the molecule is Cc1cc(C#N)nc(NCCN(C(C)C)C(C)C)n1. The van der Waals surface area contributed by atoms with E-state index in [4.69, 9.17) is 5.26 Å². The highest BCUT2D eigenvalue weighted by Crippen LogP contribution is 2.06.